The Kier molecular flexibility index (Phi) is 4.65. The highest BCUT2D eigenvalue weighted by Crippen LogP contribution is 2.24. The molecule has 1 aromatic carbocycles. The molecule has 1 fully saturated rings. The average molecular weight is 344 g/mol. The third-order valence-corrected chi connectivity index (χ3v) is 3.87. The molecule has 0 spiro atoms. The first kappa shape index (κ1) is 17.3. The highest BCUT2D eigenvalue weighted by Gasteiger charge is 2.29. The normalized spacial score (nSPS) is 18.2. The van der Waals surface area contributed by atoms with Gasteiger partial charge >= 0.3 is 6.09 Å². The number of nitrogens with two attached hydrogens (primary N) is 1. The van der Waals surface area contributed by atoms with Crippen molar-refractivity contribution < 1.29 is 14.3 Å². The number of benzene rings is 1. The van der Waals surface area contributed by atoms with E-state index in [0.29, 0.717) is 19.0 Å². The Morgan fingerprint density at radius 1 is 1.24 bits per heavy atom. The predicted molar refractivity (Wildman–Crippen MR) is 95.4 cm³/mol. The molecule has 0 radical (unpaired) electrons. The fourth-order valence-electron chi connectivity index (χ4n) is 2.77. The molecule has 1 saturated heterocycles. The lowest BCUT2D eigenvalue weighted by molar-refractivity contribution is 0.00734. The van der Waals surface area contributed by atoms with E-state index in [1.165, 1.54) is 0 Å². The van der Waals surface area contributed by atoms with Gasteiger partial charge in [-0.3, -0.25) is 0 Å². The van der Waals surface area contributed by atoms with Crippen LogP contribution in [-0.2, 0) is 4.74 Å². The van der Waals surface area contributed by atoms with Crippen LogP contribution in [0, 0.1) is 0 Å². The van der Waals surface area contributed by atoms with Crippen LogP contribution in [0.25, 0.3) is 11.0 Å². The summed E-state index contributed by atoms with van der Waals surface area (Å²) in [5.41, 5.74) is 6.92. The van der Waals surface area contributed by atoms with Gasteiger partial charge in [-0.05, 0) is 45.7 Å². The number of anilines is 1. The number of aromatic nitrogens is 2. The highest BCUT2D eigenvalue weighted by atomic mass is 16.6. The summed E-state index contributed by atoms with van der Waals surface area (Å²) >= 11 is 0. The van der Waals surface area contributed by atoms with E-state index in [1.807, 2.05) is 45.0 Å². The maximum absolute atomic E-state index is 12.2. The molecule has 1 amide bonds. The van der Waals surface area contributed by atoms with E-state index in [1.54, 1.807) is 4.90 Å². The van der Waals surface area contributed by atoms with Gasteiger partial charge in [-0.15, -0.1) is 0 Å². The molecule has 3 rings (SSSR count). The molecule has 0 saturated carbocycles. The molecule has 0 aliphatic carbocycles. The van der Waals surface area contributed by atoms with Crippen molar-refractivity contribution in [3.05, 3.63) is 24.3 Å². The summed E-state index contributed by atoms with van der Waals surface area (Å²) in [6.07, 6.45) is 1.16. The second-order valence-corrected chi connectivity index (χ2v) is 7.21. The Morgan fingerprint density at radius 2 is 1.92 bits per heavy atom. The van der Waals surface area contributed by atoms with Gasteiger partial charge in [0.05, 0.1) is 17.6 Å². The van der Waals surface area contributed by atoms with Crippen molar-refractivity contribution in [2.45, 2.75) is 45.3 Å². The van der Waals surface area contributed by atoms with Gasteiger partial charge in [0, 0.05) is 6.54 Å². The van der Waals surface area contributed by atoms with Crippen LogP contribution < -0.4 is 10.5 Å². The van der Waals surface area contributed by atoms with Crippen molar-refractivity contribution in [3.8, 4) is 5.88 Å². The molecule has 1 aliphatic rings. The molecule has 2 N–H and O–H groups in total. The Morgan fingerprint density at radius 3 is 2.60 bits per heavy atom. The largest absolute Gasteiger partial charge is 0.470 e. The fraction of sp³-hybridized carbons (Fsp3) is 0.500. The molecule has 1 aliphatic heterocycles. The SMILES string of the molecule is CC(C)(C)OC(=O)N1CCC[C@H](Oc2nc3ccccc3nc2N)C1. The molecule has 7 nitrogen and oxygen atoms in total. The van der Waals surface area contributed by atoms with Crippen LogP contribution in [-0.4, -0.2) is 45.8 Å². The van der Waals surface area contributed by atoms with Gasteiger partial charge in [-0.1, -0.05) is 12.1 Å². The van der Waals surface area contributed by atoms with Gasteiger partial charge in [0.1, 0.15) is 11.7 Å². The van der Waals surface area contributed by atoms with Crippen molar-refractivity contribution in [2.75, 3.05) is 18.8 Å². The third kappa shape index (κ3) is 4.29. The molecule has 2 aromatic rings. The number of ether oxygens (including phenoxy) is 2. The predicted octanol–water partition coefficient (Wildman–Crippen LogP) is 2.99. The van der Waals surface area contributed by atoms with Crippen molar-refractivity contribution in [1.29, 1.82) is 0 Å². The number of rotatable bonds is 2. The van der Waals surface area contributed by atoms with Crippen molar-refractivity contribution >= 4 is 22.9 Å². The lowest BCUT2D eigenvalue weighted by atomic mass is 10.1. The summed E-state index contributed by atoms with van der Waals surface area (Å²) in [6.45, 7) is 6.67. The first-order chi connectivity index (χ1) is 11.8. The minimum Gasteiger partial charge on any atom is -0.470 e. The topological polar surface area (TPSA) is 90.6 Å². The Balaban J connectivity index is 1.70. The molecule has 1 atom stereocenters. The standard InChI is InChI=1S/C18H24N4O3/c1-18(2,3)25-17(23)22-10-6-7-12(11-22)24-16-15(19)20-13-8-4-5-9-14(13)21-16/h4-5,8-9,12H,6-7,10-11H2,1-3H3,(H2,19,20)/t12-/m0/s1. The number of hydrogen-bond donors (Lipinski definition) is 1. The maximum Gasteiger partial charge on any atom is 0.410 e. The number of amides is 1. The smallest absolute Gasteiger partial charge is 0.410 e. The number of para-hydroxylation sites is 2. The number of hydrogen-bond acceptors (Lipinski definition) is 6. The van der Waals surface area contributed by atoms with Gasteiger partial charge in [0.15, 0.2) is 5.82 Å². The first-order valence-electron chi connectivity index (χ1n) is 8.49. The maximum atomic E-state index is 12.2. The second-order valence-electron chi connectivity index (χ2n) is 7.21. The number of nitrogen functional groups attached to an aromatic ring is 1. The molecule has 134 valence electrons. The zero-order valence-corrected chi connectivity index (χ0v) is 14.9. The van der Waals surface area contributed by atoms with Crippen LogP contribution in [0.5, 0.6) is 5.88 Å². The van der Waals surface area contributed by atoms with Gasteiger partial charge in [-0.2, -0.15) is 0 Å². The Hall–Kier alpha value is -2.57. The summed E-state index contributed by atoms with van der Waals surface area (Å²) in [5, 5.41) is 0. The van der Waals surface area contributed by atoms with E-state index in [-0.39, 0.29) is 18.0 Å². The van der Waals surface area contributed by atoms with Crippen molar-refractivity contribution in [2.24, 2.45) is 0 Å². The molecular formula is C18H24N4O3. The molecule has 2 heterocycles. The van der Waals surface area contributed by atoms with Gasteiger partial charge in [0.25, 0.3) is 5.88 Å². The summed E-state index contributed by atoms with van der Waals surface area (Å²) in [6, 6.07) is 7.49. The van der Waals surface area contributed by atoms with Crippen molar-refractivity contribution in [1.82, 2.24) is 14.9 Å². The second kappa shape index (κ2) is 6.74. The van der Waals surface area contributed by atoms with Crippen LogP contribution in [0.2, 0.25) is 0 Å². The zero-order valence-electron chi connectivity index (χ0n) is 14.9. The number of nitrogens with zero attached hydrogens (tertiary/aromatic N) is 3. The number of likely N-dealkylation sites (tertiary alicyclic amines) is 1. The van der Waals surface area contributed by atoms with E-state index >= 15 is 0 Å². The summed E-state index contributed by atoms with van der Waals surface area (Å²) < 4.78 is 11.4. The van der Waals surface area contributed by atoms with E-state index in [4.69, 9.17) is 15.2 Å². The van der Waals surface area contributed by atoms with Crippen LogP contribution in [0.15, 0.2) is 24.3 Å². The van der Waals surface area contributed by atoms with Crippen molar-refractivity contribution in [3.63, 3.8) is 0 Å². The minimum atomic E-state index is -0.515. The summed E-state index contributed by atoms with van der Waals surface area (Å²) in [7, 11) is 0. The van der Waals surface area contributed by atoms with Crippen LogP contribution in [0.4, 0.5) is 10.6 Å². The van der Waals surface area contributed by atoms with Crippen LogP contribution >= 0.6 is 0 Å². The van der Waals surface area contributed by atoms with Crippen LogP contribution in [0.3, 0.4) is 0 Å². The molecule has 0 unspecified atom stereocenters. The monoisotopic (exact) mass is 344 g/mol. The molecule has 1 aromatic heterocycles. The lowest BCUT2D eigenvalue weighted by Crippen LogP contribution is -2.46. The van der Waals surface area contributed by atoms with Crippen LogP contribution in [0.1, 0.15) is 33.6 Å². The Labute approximate surface area is 147 Å². The average Bonchev–Trinajstić information content (AvgIpc) is 2.54. The van der Waals surface area contributed by atoms with E-state index < -0.39 is 5.60 Å². The number of piperidine rings is 1. The van der Waals surface area contributed by atoms with E-state index in [2.05, 4.69) is 9.97 Å². The van der Waals surface area contributed by atoms with Gasteiger partial charge in [0.2, 0.25) is 0 Å². The molecular weight excluding hydrogens is 320 g/mol. The zero-order chi connectivity index (χ0) is 18.0. The van der Waals surface area contributed by atoms with E-state index in [0.717, 1.165) is 23.9 Å². The number of carbonyl (C=O) groups is 1. The van der Waals surface area contributed by atoms with Gasteiger partial charge in [-0.25, -0.2) is 14.8 Å². The minimum absolute atomic E-state index is 0.181. The Bertz CT molecular complexity index is 772. The summed E-state index contributed by atoms with van der Waals surface area (Å²) in [4.78, 5) is 22.7. The number of fused-ring (bicyclic) bond motifs is 1. The first-order valence-corrected chi connectivity index (χ1v) is 8.49. The quantitative estimate of drug-likeness (QED) is 0.900. The molecule has 25 heavy (non-hydrogen) atoms. The van der Waals surface area contributed by atoms with E-state index in [9.17, 15) is 4.79 Å². The summed E-state index contributed by atoms with van der Waals surface area (Å²) in [5.74, 6) is 0.572. The molecule has 7 heteroatoms. The van der Waals surface area contributed by atoms with Gasteiger partial charge < -0.3 is 20.1 Å². The molecule has 0 bridgehead atoms. The lowest BCUT2D eigenvalue weighted by Gasteiger charge is -2.34. The number of carbonyl (C=O) groups excluding carboxylic acids is 1. The fourth-order valence-corrected chi connectivity index (χ4v) is 2.77. The highest BCUT2D eigenvalue weighted by molar-refractivity contribution is 5.76. The third-order valence-electron chi connectivity index (χ3n) is 3.87.